The third-order valence-electron chi connectivity index (χ3n) is 5.84. The van der Waals surface area contributed by atoms with E-state index in [2.05, 4.69) is 20.9 Å². The number of ether oxygens (including phenoxy) is 2. The molecule has 3 N–H and O–H groups in total. The molecule has 0 bridgehead atoms. The predicted octanol–water partition coefficient (Wildman–Crippen LogP) is 2.30. The largest absolute Gasteiger partial charge is 0.497 e. The van der Waals surface area contributed by atoms with Gasteiger partial charge in [0.15, 0.2) is 0 Å². The van der Waals surface area contributed by atoms with Crippen LogP contribution in [0, 0.1) is 5.92 Å². The topological polar surface area (TPSA) is 119 Å². The molecule has 2 aliphatic rings. The normalized spacial score (nSPS) is 18.4. The van der Waals surface area contributed by atoms with Crippen LogP contribution in [0.15, 0.2) is 36.5 Å². The van der Waals surface area contributed by atoms with Gasteiger partial charge in [0.2, 0.25) is 17.7 Å². The molecule has 1 aliphatic carbocycles. The number of amides is 3. The first-order chi connectivity index (χ1) is 16.6. The van der Waals surface area contributed by atoms with E-state index in [1.807, 2.05) is 0 Å². The van der Waals surface area contributed by atoms with E-state index in [4.69, 9.17) is 9.47 Å². The van der Waals surface area contributed by atoms with Crippen LogP contribution in [0.3, 0.4) is 0 Å². The fourth-order valence-corrected chi connectivity index (χ4v) is 3.65. The Morgan fingerprint density at radius 3 is 2.51 bits per heavy atom. The van der Waals surface area contributed by atoms with Crippen molar-refractivity contribution in [2.75, 3.05) is 13.7 Å². The van der Waals surface area contributed by atoms with Gasteiger partial charge in [0.05, 0.1) is 31.5 Å². The van der Waals surface area contributed by atoms with Crippen LogP contribution < -0.4 is 25.4 Å². The minimum atomic E-state index is -4.64. The maximum atomic E-state index is 13.4. The van der Waals surface area contributed by atoms with E-state index in [0.717, 1.165) is 12.1 Å². The van der Waals surface area contributed by atoms with Crippen LogP contribution in [0.4, 0.5) is 13.2 Å². The monoisotopic (exact) mass is 492 g/mol. The molecule has 1 atom stereocenters. The summed E-state index contributed by atoms with van der Waals surface area (Å²) in [5, 5.41) is 8.05. The molecular formula is C23H23F3N4O5. The molecule has 0 radical (unpaired) electrons. The van der Waals surface area contributed by atoms with Crippen molar-refractivity contribution in [3.63, 3.8) is 0 Å². The van der Waals surface area contributed by atoms with Crippen LogP contribution in [-0.2, 0) is 27.1 Å². The van der Waals surface area contributed by atoms with Crippen LogP contribution in [0.5, 0.6) is 17.2 Å². The van der Waals surface area contributed by atoms with E-state index in [-0.39, 0.29) is 48.7 Å². The molecule has 1 aliphatic heterocycles. The highest BCUT2D eigenvalue weighted by Crippen LogP contribution is 2.40. The van der Waals surface area contributed by atoms with Gasteiger partial charge in [-0.15, -0.1) is 0 Å². The molecule has 35 heavy (non-hydrogen) atoms. The Morgan fingerprint density at radius 1 is 1.20 bits per heavy atom. The Labute approximate surface area is 198 Å². The lowest BCUT2D eigenvalue weighted by Gasteiger charge is -2.19. The maximum absolute atomic E-state index is 13.4. The van der Waals surface area contributed by atoms with Gasteiger partial charge in [0.1, 0.15) is 28.4 Å². The summed E-state index contributed by atoms with van der Waals surface area (Å²) in [7, 11) is 1.27. The highest BCUT2D eigenvalue weighted by molar-refractivity contribution is 5.96. The number of pyridine rings is 1. The summed E-state index contributed by atoms with van der Waals surface area (Å²) in [5.74, 6) is -1.66. The summed E-state index contributed by atoms with van der Waals surface area (Å²) in [5.41, 5.74) is -1.53. The number of nitrogens with one attached hydrogen (secondary N) is 3. The van der Waals surface area contributed by atoms with Gasteiger partial charge in [0.25, 0.3) is 0 Å². The molecule has 1 aromatic carbocycles. The third kappa shape index (κ3) is 5.64. The highest BCUT2D eigenvalue weighted by Gasteiger charge is 2.52. The van der Waals surface area contributed by atoms with Crippen molar-refractivity contribution in [3.8, 4) is 17.2 Å². The number of carbonyl (C=O) groups is 3. The molecule has 1 unspecified atom stereocenters. The number of benzene rings is 1. The van der Waals surface area contributed by atoms with Gasteiger partial charge < -0.3 is 25.4 Å². The zero-order chi connectivity index (χ0) is 25.2. The molecule has 1 aromatic heterocycles. The van der Waals surface area contributed by atoms with Gasteiger partial charge in [-0.2, -0.15) is 13.2 Å². The van der Waals surface area contributed by atoms with Gasteiger partial charge in [-0.1, -0.05) is 0 Å². The maximum Gasteiger partial charge on any atom is 0.420 e. The summed E-state index contributed by atoms with van der Waals surface area (Å²) in [6.07, 6.45) is -2.31. The molecule has 1 saturated heterocycles. The SMILES string of the molecule is COc1ccc(Oc2ccc(CNC(=O)C3(NC(=O)C4CNC(=O)C4)CC3)nc2)c(C(F)(F)F)c1. The first kappa shape index (κ1) is 24.3. The van der Waals surface area contributed by atoms with Crippen LogP contribution in [0.1, 0.15) is 30.5 Å². The summed E-state index contributed by atoms with van der Waals surface area (Å²) in [6, 6.07) is 6.32. The highest BCUT2D eigenvalue weighted by atomic mass is 19.4. The van der Waals surface area contributed by atoms with Gasteiger partial charge in [-0.25, -0.2) is 0 Å². The summed E-state index contributed by atoms with van der Waals surface area (Å²) in [6.45, 7) is 0.304. The number of aromatic nitrogens is 1. The lowest BCUT2D eigenvalue weighted by Crippen LogP contribution is -2.50. The van der Waals surface area contributed by atoms with Crippen molar-refractivity contribution in [2.24, 2.45) is 5.92 Å². The molecule has 4 rings (SSSR count). The molecule has 1 saturated carbocycles. The Bertz CT molecular complexity index is 1130. The zero-order valence-corrected chi connectivity index (χ0v) is 18.7. The first-order valence-corrected chi connectivity index (χ1v) is 10.8. The molecule has 2 fully saturated rings. The van der Waals surface area contributed by atoms with Crippen molar-refractivity contribution < 1.29 is 37.0 Å². The van der Waals surface area contributed by atoms with Gasteiger partial charge in [0, 0.05) is 13.0 Å². The quantitative estimate of drug-likeness (QED) is 0.521. The minimum absolute atomic E-state index is 0.0481. The van der Waals surface area contributed by atoms with Crippen molar-refractivity contribution in [2.45, 2.75) is 37.5 Å². The molecule has 0 spiro atoms. The smallest absolute Gasteiger partial charge is 0.420 e. The second-order valence-corrected chi connectivity index (χ2v) is 8.41. The first-order valence-electron chi connectivity index (χ1n) is 10.8. The molecular weight excluding hydrogens is 469 g/mol. The standard InChI is InChI=1S/C23H23F3N4O5/c1-34-15-4-5-18(17(9-15)23(24,25)26)35-16-3-2-14(27-12-16)11-29-21(33)22(6-7-22)30-20(32)13-8-19(31)28-10-13/h2-5,9,12-13H,6-8,10-11H2,1H3,(H,28,31)(H,29,33)(H,30,32). The lowest BCUT2D eigenvalue weighted by atomic mass is 10.1. The second kappa shape index (κ2) is 9.43. The molecule has 9 nitrogen and oxygen atoms in total. The van der Waals surface area contributed by atoms with Gasteiger partial charge in [-0.3, -0.25) is 19.4 Å². The van der Waals surface area contributed by atoms with Crippen molar-refractivity contribution in [3.05, 3.63) is 47.8 Å². The number of hydrogen-bond acceptors (Lipinski definition) is 6. The van der Waals surface area contributed by atoms with E-state index in [0.29, 0.717) is 18.5 Å². The number of nitrogens with zero attached hydrogens (tertiary/aromatic N) is 1. The Hall–Kier alpha value is -3.83. The fourth-order valence-electron chi connectivity index (χ4n) is 3.65. The van der Waals surface area contributed by atoms with Crippen LogP contribution in [0.25, 0.3) is 0 Å². The minimum Gasteiger partial charge on any atom is -0.497 e. The van der Waals surface area contributed by atoms with E-state index in [1.54, 1.807) is 0 Å². The molecule has 186 valence electrons. The van der Waals surface area contributed by atoms with E-state index >= 15 is 0 Å². The third-order valence-corrected chi connectivity index (χ3v) is 5.84. The molecule has 2 heterocycles. The van der Waals surface area contributed by atoms with E-state index in [9.17, 15) is 27.6 Å². The average Bonchev–Trinajstić information content (AvgIpc) is 3.48. The molecule has 12 heteroatoms. The van der Waals surface area contributed by atoms with Crippen molar-refractivity contribution >= 4 is 17.7 Å². The van der Waals surface area contributed by atoms with Crippen LogP contribution in [-0.4, -0.2) is 41.9 Å². The number of carbonyl (C=O) groups excluding carboxylic acids is 3. The van der Waals surface area contributed by atoms with Gasteiger partial charge >= 0.3 is 6.18 Å². The summed E-state index contributed by atoms with van der Waals surface area (Å²) >= 11 is 0. The molecule has 3 amide bonds. The van der Waals surface area contributed by atoms with Crippen molar-refractivity contribution in [1.82, 2.24) is 20.9 Å². The summed E-state index contributed by atoms with van der Waals surface area (Å²) < 4.78 is 50.3. The summed E-state index contributed by atoms with van der Waals surface area (Å²) in [4.78, 5) is 40.4. The van der Waals surface area contributed by atoms with Crippen LogP contribution in [0.2, 0.25) is 0 Å². The zero-order valence-electron chi connectivity index (χ0n) is 18.7. The molecule has 2 aromatic rings. The predicted molar refractivity (Wildman–Crippen MR) is 115 cm³/mol. The number of methoxy groups -OCH3 is 1. The Balaban J connectivity index is 1.33. The van der Waals surface area contributed by atoms with Crippen molar-refractivity contribution in [1.29, 1.82) is 0 Å². The Morgan fingerprint density at radius 2 is 1.94 bits per heavy atom. The number of rotatable bonds is 8. The Kier molecular flexibility index (Phi) is 6.55. The van der Waals surface area contributed by atoms with E-state index in [1.165, 1.54) is 31.5 Å². The second-order valence-electron chi connectivity index (χ2n) is 8.41. The number of alkyl halides is 3. The number of halogens is 3. The number of hydrogen-bond donors (Lipinski definition) is 3. The van der Waals surface area contributed by atoms with E-state index < -0.39 is 28.9 Å². The fraction of sp³-hybridized carbons (Fsp3) is 0.391. The average molecular weight is 492 g/mol. The lowest BCUT2D eigenvalue weighted by molar-refractivity contribution is -0.138. The van der Waals surface area contributed by atoms with Crippen LogP contribution >= 0.6 is 0 Å². The van der Waals surface area contributed by atoms with Gasteiger partial charge in [-0.05, 0) is 43.2 Å².